The van der Waals surface area contributed by atoms with Crippen LogP contribution in [0.2, 0.25) is 0 Å². The van der Waals surface area contributed by atoms with Crippen LogP contribution in [0, 0.1) is 17.8 Å². The van der Waals surface area contributed by atoms with Crippen LogP contribution in [-0.4, -0.2) is 92.9 Å². The Kier molecular flexibility index (Phi) is 17.0. The van der Waals surface area contributed by atoms with Gasteiger partial charge in [0.2, 0.25) is 24.0 Å². The van der Waals surface area contributed by atoms with Crippen LogP contribution in [0.15, 0.2) is 12.5 Å². The number of rotatable bonds is 22. The van der Waals surface area contributed by atoms with Crippen LogP contribution < -0.4 is 33.2 Å². The van der Waals surface area contributed by atoms with E-state index in [1.807, 2.05) is 0 Å². The molecule has 2 fully saturated rings. The van der Waals surface area contributed by atoms with Crippen molar-refractivity contribution in [1.82, 2.24) is 25.9 Å². The summed E-state index contributed by atoms with van der Waals surface area (Å²) in [6.45, 7) is 1.54. The molecule has 16 nitrogen and oxygen atoms in total. The first-order valence-electron chi connectivity index (χ1n) is 18.6. The SMILES string of the molecule is CC(=O)N[C@@H](Cc1c[nH]cn1)C(=O)N[C@@H](CCCCN)C(=O)N[C@@H](CC(=O)O)C(=O)C(C1CCCCC1)[C@@](N)([C]=O)C(=O)[C@H](N)CC1CCCCC1. The Hall–Kier alpha value is -4.02. The zero-order chi connectivity index (χ0) is 38.3. The average molecular weight is 730 g/mol. The maximum atomic E-state index is 14.6. The second kappa shape index (κ2) is 20.9. The molecular weight excluding hydrogens is 672 g/mol. The number of H-pyrrole nitrogens is 1. The largest absolute Gasteiger partial charge is 0.481 e. The van der Waals surface area contributed by atoms with Gasteiger partial charge >= 0.3 is 5.97 Å². The summed E-state index contributed by atoms with van der Waals surface area (Å²) in [6, 6.07) is -5.22. The van der Waals surface area contributed by atoms with Gasteiger partial charge in [0.1, 0.15) is 12.1 Å². The molecule has 3 amide bonds. The summed E-state index contributed by atoms with van der Waals surface area (Å²) in [5.41, 5.74) is 16.7. The maximum absolute atomic E-state index is 14.6. The van der Waals surface area contributed by atoms with E-state index < -0.39 is 83.2 Å². The molecule has 0 spiro atoms. The van der Waals surface area contributed by atoms with Crippen LogP contribution >= 0.6 is 0 Å². The van der Waals surface area contributed by atoms with E-state index in [4.69, 9.17) is 17.2 Å². The van der Waals surface area contributed by atoms with Gasteiger partial charge in [0.25, 0.3) is 0 Å². The molecule has 16 heteroatoms. The lowest BCUT2D eigenvalue weighted by atomic mass is 9.65. The normalized spacial score (nSPS) is 19.5. The van der Waals surface area contributed by atoms with E-state index in [2.05, 4.69) is 25.9 Å². The predicted octanol–water partition coefficient (Wildman–Crippen LogP) is 0.470. The lowest BCUT2D eigenvalue weighted by Gasteiger charge is -2.40. The number of carboxylic acid groups (broad SMARTS) is 1. The number of ketones is 2. The Bertz CT molecular complexity index is 1360. The third kappa shape index (κ3) is 12.3. The number of imidazole rings is 1. The summed E-state index contributed by atoms with van der Waals surface area (Å²) in [7, 11) is 0. The number of carbonyl (C=O) groups excluding carboxylic acids is 6. The fraction of sp³-hybridized carbons (Fsp3) is 0.722. The van der Waals surface area contributed by atoms with Gasteiger partial charge in [0.15, 0.2) is 17.1 Å². The van der Waals surface area contributed by atoms with E-state index in [0.29, 0.717) is 57.2 Å². The van der Waals surface area contributed by atoms with Crippen molar-refractivity contribution >= 4 is 41.5 Å². The first-order chi connectivity index (χ1) is 24.8. The highest BCUT2D eigenvalue weighted by atomic mass is 16.4. The van der Waals surface area contributed by atoms with Crippen LogP contribution in [0.1, 0.15) is 109 Å². The number of aliphatic carboxylic acids is 1. The zero-order valence-corrected chi connectivity index (χ0v) is 30.2. The Labute approximate surface area is 304 Å². The number of amides is 3. The van der Waals surface area contributed by atoms with Crippen LogP contribution in [0.25, 0.3) is 0 Å². The van der Waals surface area contributed by atoms with Crippen LogP contribution in [-0.2, 0) is 40.0 Å². The molecule has 11 N–H and O–H groups in total. The third-order valence-corrected chi connectivity index (χ3v) is 10.4. The number of nitrogens with zero attached hydrogens (tertiary/aromatic N) is 1. The highest BCUT2D eigenvalue weighted by Crippen LogP contribution is 2.38. The van der Waals surface area contributed by atoms with Crippen molar-refractivity contribution in [1.29, 1.82) is 0 Å². The predicted molar refractivity (Wildman–Crippen MR) is 191 cm³/mol. The number of nitrogens with one attached hydrogen (secondary N) is 4. The third-order valence-electron chi connectivity index (χ3n) is 10.4. The van der Waals surface area contributed by atoms with Crippen molar-refractivity contribution in [2.45, 2.75) is 139 Å². The molecule has 2 aliphatic carbocycles. The molecule has 52 heavy (non-hydrogen) atoms. The maximum Gasteiger partial charge on any atom is 0.305 e. The van der Waals surface area contributed by atoms with Gasteiger partial charge in [-0.25, -0.2) is 4.98 Å². The molecule has 3 rings (SSSR count). The molecule has 2 aliphatic rings. The van der Waals surface area contributed by atoms with Gasteiger partial charge in [0, 0.05) is 19.5 Å². The van der Waals surface area contributed by atoms with E-state index >= 15 is 0 Å². The monoisotopic (exact) mass is 729 g/mol. The highest BCUT2D eigenvalue weighted by Gasteiger charge is 2.53. The van der Waals surface area contributed by atoms with E-state index in [1.165, 1.54) is 13.3 Å². The fourth-order valence-corrected chi connectivity index (χ4v) is 7.75. The molecule has 2 saturated carbocycles. The number of unbranched alkanes of at least 4 members (excludes halogenated alkanes) is 1. The van der Waals surface area contributed by atoms with Gasteiger partial charge in [-0.2, -0.15) is 0 Å². The topological polar surface area (TPSA) is 283 Å². The highest BCUT2D eigenvalue weighted by molar-refractivity contribution is 6.11. The van der Waals surface area contributed by atoms with E-state index in [0.717, 1.165) is 38.5 Å². The molecule has 0 bridgehead atoms. The molecule has 6 atom stereocenters. The van der Waals surface area contributed by atoms with Gasteiger partial charge in [-0.15, -0.1) is 0 Å². The number of carboxylic acids is 1. The molecule has 1 aromatic heterocycles. The Balaban J connectivity index is 1.92. The summed E-state index contributed by atoms with van der Waals surface area (Å²) in [5.74, 6) is -7.09. The Morgan fingerprint density at radius 2 is 1.56 bits per heavy atom. The van der Waals surface area contributed by atoms with E-state index in [1.54, 1.807) is 12.5 Å². The van der Waals surface area contributed by atoms with Crippen molar-refractivity contribution in [3.63, 3.8) is 0 Å². The number of aromatic nitrogens is 2. The second-order valence-electron chi connectivity index (χ2n) is 14.5. The Morgan fingerprint density at radius 3 is 2.12 bits per heavy atom. The van der Waals surface area contributed by atoms with Crippen molar-refractivity contribution in [2.24, 2.45) is 35.0 Å². The fourth-order valence-electron chi connectivity index (χ4n) is 7.75. The standard InChI is InChI=1S/C36H57N8O8/c1-22(46)42-29(17-25-19-40-21-41-25)35(52)43-27(14-8-9-15-37)34(51)44-28(18-30(47)48)32(49)31(24-12-6-3-7-13-24)36(39,20-45)33(50)26(38)16-23-10-4-2-5-11-23/h19,21,23-24,26-29,31H,2-18,37-39H2,1H3,(H,40,41)(H,42,46)(H,43,52)(H,44,51)(H,47,48)/t26-,27+,28+,29+,31?,36+/m1/s1. The molecule has 0 saturated heterocycles. The number of hydrogen-bond donors (Lipinski definition) is 8. The lowest BCUT2D eigenvalue weighted by molar-refractivity contribution is -0.143. The summed E-state index contributed by atoms with van der Waals surface area (Å²) in [4.78, 5) is 99.7. The molecule has 1 heterocycles. The van der Waals surface area contributed by atoms with Gasteiger partial charge in [-0.05, 0) is 56.9 Å². The quantitative estimate of drug-likeness (QED) is 0.0597. The summed E-state index contributed by atoms with van der Waals surface area (Å²) >= 11 is 0. The molecule has 0 aromatic carbocycles. The molecule has 1 radical (unpaired) electrons. The van der Waals surface area contributed by atoms with Crippen molar-refractivity contribution < 1.29 is 38.7 Å². The smallest absolute Gasteiger partial charge is 0.305 e. The van der Waals surface area contributed by atoms with Crippen molar-refractivity contribution in [2.75, 3.05) is 6.54 Å². The number of carbonyl (C=O) groups is 6. The zero-order valence-electron chi connectivity index (χ0n) is 30.2. The number of nitrogens with two attached hydrogens (primary N) is 3. The summed E-state index contributed by atoms with van der Waals surface area (Å²) < 4.78 is 0. The first kappa shape index (κ1) is 42.4. The number of aromatic amines is 1. The van der Waals surface area contributed by atoms with Gasteiger partial charge < -0.3 is 43.2 Å². The van der Waals surface area contributed by atoms with Crippen LogP contribution in [0.5, 0.6) is 0 Å². The van der Waals surface area contributed by atoms with Crippen LogP contribution in [0.3, 0.4) is 0 Å². The average Bonchev–Trinajstić information content (AvgIpc) is 3.64. The lowest BCUT2D eigenvalue weighted by Crippen LogP contribution is -2.67. The summed E-state index contributed by atoms with van der Waals surface area (Å²) in [5, 5.41) is 17.6. The number of Topliss-reactive ketones (excluding diaryl/α,β-unsaturated/α-hetero) is 2. The molecular formula is C36H57N8O8. The number of hydrogen-bond acceptors (Lipinski definition) is 11. The molecule has 289 valence electrons. The summed E-state index contributed by atoms with van der Waals surface area (Å²) in [6.07, 6.45) is 13.1. The van der Waals surface area contributed by atoms with Gasteiger partial charge in [-0.1, -0.05) is 51.4 Å². The minimum Gasteiger partial charge on any atom is -0.481 e. The first-order valence-corrected chi connectivity index (χ1v) is 18.6. The van der Waals surface area contributed by atoms with E-state index in [-0.39, 0.29) is 18.8 Å². The van der Waals surface area contributed by atoms with Gasteiger partial charge in [0.05, 0.1) is 36.4 Å². The minimum atomic E-state index is -2.47. The van der Waals surface area contributed by atoms with Crippen molar-refractivity contribution in [3.05, 3.63) is 18.2 Å². The second-order valence-corrected chi connectivity index (χ2v) is 14.5. The minimum absolute atomic E-state index is 0.00688. The van der Waals surface area contributed by atoms with Gasteiger partial charge in [-0.3, -0.25) is 33.6 Å². The Morgan fingerprint density at radius 1 is 0.942 bits per heavy atom. The molecule has 1 unspecified atom stereocenters. The van der Waals surface area contributed by atoms with E-state index in [9.17, 15) is 38.7 Å². The molecule has 1 aromatic rings. The van der Waals surface area contributed by atoms with Crippen LogP contribution in [0.4, 0.5) is 0 Å². The van der Waals surface area contributed by atoms with Crippen molar-refractivity contribution in [3.8, 4) is 0 Å². The molecule has 0 aliphatic heterocycles.